The van der Waals surface area contributed by atoms with E-state index in [-0.39, 0.29) is 12.0 Å². The van der Waals surface area contributed by atoms with Crippen molar-refractivity contribution in [3.05, 3.63) is 40.3 Å². The molecule has 0 atom stereocenters. The van der Waals surface area contributed by atoms with Crippen molar-refractivity contribution in [2.24, 2.45) is 0 Å². The van der Waals surface area contributed by atoms with Crippen LogP contribution in [0.1, 0.15) is 24.4 Å². The van der Waals surface area contributed by atoms with Gasteiger partial charge in [-0.2, -0.15) is 0 Å². The Kier molecular flexibility index (Phi) is 2.79. The molecule has 1 aliphatic rings. The smallest absolute Gasteiger partial charge is 0.115 e. The van der Waals surface area contributed by atoms with Gasteiger partial charge >= 0.3 is 0 Å². The van der Waals surface area contributed by atoms with E-state index in [0.29, 0.717) is 0 Å². The van der Waals surface area contributed by atoms with Gasteiger partial charge in [0, 0.05) is 15.7 Å². The molecule has 3 nitrogen and oxygen atoms in total. The molecule has 1 aromatic heterocycles. The highest BCUT2D eigenvalue weighted by atomic mass is 79.9. The number of aliphatic hydroxyl groups excluding tert-OH is 1. The average molecular weight is 307 g/mol. The van der Waals surface area contributed by atoms with Crippen LogP contribution in [0.5, 0.6) is 0 Å². The monoisotopic (exact) mass is 306 g/mol. The van der Waals surface area contributed by atoms with Crippen LogP contribution in [0, 0.1) is 6.92 Å². The second-order valence-corrected chi connectivity index (χ2v) is 5.92. The Bertz CT molecular complexity index is 587. The predicted molar refractivity (Wildman–Crippen MR) is 74.5 cm³/mol. The van der Waals surface area contributed by atoms with E-state index in [4.69, 9.17) is 0 Å². The van der Waals surface area contributed by atoms with E-state index in [0.717, 1.165) is 40.1 Å². The van der Waals surface area contributed by atoms with Gasteiger partial charge in [-0.25, -0.2) is 4.98 Å². The summed E-state index contributed by atoms with van der Waals surface area (Å²) in [5, 5.41) is 9.46. The predicted octanol–water partition coefficient (Wildman–Crippen LogP) is 3.17. The molecule has 1 saturated carbocycles. The molecule has 0 aliphatic heterocycles. The van der Waals surface area contributed by atoms with Crippen molar-refractivity contribution >= 4 is 15.9 Å². The number of benzene rings is 1. The van der Waals surface area contributed by atoms with Gasteiger partial charge in [0.05, 0.1) is 17.7 Å². The summed E-state index contributed by atoms with van der Waals surface area (Å²) >= 11 is 3.48. The van der Waals surface area contributed by atoms with E-state index in [9.17, 15) is 5.11 Å². The number of nitrogens with one attached hydrogen (secondary N) is 1. The van der Waals surface area contributed by atoms with Crippen LogP contribution >= 0.6 is 15.9 Å². The minimum absolute atomic E-state index is 0.102. The Labute approximate surface area is 114 Å². The van der Waals surface area contributed by atoms with E-state index >= 15 is 0 Å². The van der Waals surface area contributed by atoms with Crippen LogP contribution in [0.4, 0.5) is 0 Å². The van der Waals surface area contributed by atoms with E-state index in [2.05, 4.69) is 38.0 Å². The second-order valence-electron chi connectivity index (χ2n) is 5.01. The number of rotatable bonds is 3. The molecule has 2 aromatic rings. The first-order valence-electron chi connectivity index (χ1n) is 6.08. The molecule has 0 bridgehead atoms. The second kappa shape index (κ2) is 4.21. The zero-order valence-electron chi connectivity index (χ0n) is 10.2. The van der Waals surface area contributed by atoms with Crippen molar-refractivity contribution in [1.82, 2.24) is 9.97 Å². The number of hydrogen-bond donors (Lipinski definition) is 2. The van der Waals surface area contributed by atoms with Gasteiger partial charge in [-0.3, -0.25) is 0 Å². The van der Waals surface area contributed by atoms with Crippen molar-refractivity contribution in [2.75, 3.05) is 6.61 Å². The van der Waals surface area contributed by atoms with Gasteiger partial charge in [-0.1, -0.05) is 28.1 Å². The fourth-order valence-corrected chi connectivity index (χ4v) is 2.65. The normalized spacial score (nSPS) is 16.8. The van der Waals surface area contributed by atoms with Crippen molar-refractivity contribution < 1.29 is 5.11 Å². The van der Waals surface area contributed by atoms with Gasteiger partial charge < -0.3 is 10.1 Å². The summed E-state index contributed by atoms with van der Waals surface area (Å²) in [6, 6.07) is 8.12. The molecule has 1 aromatic carbocycles. The summed E-state index contributed by atoms with van der Waals surface area (Å²) < 4.78 is 1.05. The number of halogens is 1. The van der Waals surface area contributed by atoms with Gasteiger partial charge in [0.2, 0.25) is 0 Å². The topological polar surface area (TPSA) is 48.9 Å². The summed E-state index contributed by atoms with van der Waals surface area (Å²) in [6.07, 6.45) is 2.04. The van der Waals surface area contributed by atoms with Crippen molar-refractivity contribution in [1.29, 1.82) is 0 Å². The molecule has 4 heteroatoms. The molecule has 0 saturated heterocycles. The minimum Gasteiger partial charge on any atom is -0.395 e. The summed E-state index contributed by atoms with van der Waals surface area (Å²) in [6.45, 7) is 2.21. The third kappa shape index (κ3) is 1.89. The molecule has 0 radical (unpaired) electrons. The van der Waals surface area contributed by atoms with E-state index < -0.39 is 0 Å². The number of aromatic amines is 1. The van der Waals surface area contributed by atoms with Crippen LogP contribution in [0.2, 0.25) is 0 Å². The number of H-pyrrole nitrogens is 1. The third-order valence-electron chi connectivity index (χ3n) is 3.64. The fraction of sp³-hybridized carbons (Fsp3) is 0.357. The molecule has 3 rings (SSSR count). The Hall–Kier alpha value is -1.13. The zero-order chi connectivity index (χ0) is 12.8. The first-order chi connectivity index (χ1) is 8.64. The van der Waals surface area contributed by atoms with Crippen LogP contribution in [0.15, 0.2) is 28.7 Å². The summed E-state index contributed by atoms with van der Waals surface area (Å²) in [5.74, 6) is 0.928. The maximum atomic E-state index is 9.46. The lowest BCUT2D eigenvalue weighted by Gasteiger charge is -2.06. The van der Waals surface area contributed by atoms with E-state index in [1.165, 1.54) is 0 Å². The van der Waals surface area contributed by atoms with Crippen LogP contribution in [0.25, 0.3) is 11.3 Å². The Balaban J connectivity index is 2.03. The van der Waals surface area contributed by atoms with Crippen molar-refractivity contribution in [3.63, 3.8) is 0 Å². The van der Waals surface area contributed by atoms with Crippen molar-refractivity contribution in [3.8, 4) is 11.3 Å². The van der Waals surface area contributed by atoms with E-state index in [1.54, 1.807) is 0 Å². The lowest BCUT2D eigenvalue weighted by molar-refractivity contribution is 0.250. The summed E-state index contributed by atoms with van der Waals surface area (Å²) in [7, 11) is 0. The molecule has 0 amide bonds. The number of hydrogen-bond acceptors (Lipinski definition) is 2. The fourth-order valence-electron chi connectivity index (χ4n) is 2.25. The SMILES string of the molecule is Cc1[nH]c(C2(CO)CC2)nc1-c1cccc(Br)c1. The Morgan fingerprint density at radius 1 is 1.44 bits per heavy atom. The van der Waals surface area contributed by atoms with Gasteiger partial charge in [-0.15, -0.1) is 0 Å². The Morgan fingerprint density at radius 2 is 2.22 bits per heavy atom. The van der Waals surface area contributed by atoms with Crippen LogP contribution in [0.3, 0.4) is 0 Å². The lowest BCUT2D eigenvalue weighted by Crippen LogP contribution is -2.13. The van der Waals surface area contributed by atoms with Gasteiger partial charge in [-0.05, 0) is 31.9 Å². The highest BCUT2D eigenvalue weighted by Crippen LogP contribution is 2.47. The first kappa shape index (κ1) is 11.9. The van der Waals surface area contributed by atoms with Gasteiger partial charge in [0.25, 0.3) is 0 Å². The molecular formula is C14H15BrN2O. The Morgan fingerprint density at radius 3 is 2.83 bits per heavy atom. The quantitative estimate of drug-likeness (QED) is 0.915. The lowest BCUT2D eigenvalue weighted by atomic mass is 10.1. The van der Waals surface area contributed by atoms with E-state index in [1.807, 2.05) is 19.1 Å². The molecule has 1 fully saturated rings. The van der Waals surface area contributed by atoms with Crippen LogP contribution in [-0.2, 0) is 5.41 Å². The average Bonchev–Trinajstić information content (AvgIpc) is 3.07. The zero-order valence-corrected chi connectivity index (χ0v) is 11.8. The van der Waals surface area contributed by atoms with Gasteiger partial charge in [0.15, 0.2) is 0 Å². The first-order valence-corrected chi connectivity index (χ1v) is 6.88. The number of aromatic nitrogens is 2. The molecule has 1 heterocycles. The summed E-state index contributed by atoms with van der Waals surface area (Å²) in [4.78, 5) is 8.02. The molecule has 0 spiro atoms. The number of imidazole rings is 1. The number of nitrogens with zero attached hydrogens (tertiary/aromatic N) is 1. The maximum Gasteiger partial charge on any atom is 0.115 e. The largest absolute Gasteiger partial charge is 0.395 e. The minimum atomic E-state index is -0.102. The summed E-state index contributed by atoms with van der Waals surface area (Å²) in [5.41, 5.74) is 3.03. The molecule has 0 unspecified atom stereocenters. The highest BCUT2D eigenvalue weighted by molar-refractivity contribution is 9.10. The van der Waals surface area contributed by atoms with Gasteiger partial charge in [0.1, 0.15) is 5.82 Å². The third-order valence-corrected chi connectivity index (χ3v) is 4.13. The van der Waals surface area contributed by atoms with Crippen LogP contribution < -0.4 is 0 Å². The number of aliphatic hydroxyl groups is 1. The molecule has 18 heavy (non-hydrogen) atoms. The standard InChI is InChI=1S/C14H15BrN2O/c1-9-12(10-3-2-4-11(15)7-10)17-13(16-9)14(8-18)5-6-14/h2-4,7,18H,5-6,8H2,1H3,(H,16,17). The maximum absolute atomic E-state index is 9.46. The van der Waals surface area contributed by atoms with Crippen LogP contribution in [-0.4, -0.2) is 21.7 Å². The highest BCUT2D eigenvalue weighted by Gasteiger charge is 2.46. The molecule has 1 aliphatic carbocycles. The molecular weight excluding hydrogens is 292 g/mol. The molecule has 94 valence electrons. The molecule has 2 N–H and O–H groups in total. The number of aryl methyl sites for hydroxylation is 1. The van der Waals surface area contributed by atoms with Crippen molar-refractivity contribution in [2.45, 2.75) is 25.2 Å².